The van der Waals surface area contributed by atoms with Gasteiger partial charge in [0.05, 0.1) is 35.5 Å². The molecule has 41 heavy (non-hydrogen) atoms. The van der Waals surface area contributed by atoms with Gasteiger partial charge in [-0.3, -0.25) is 0 Å². The zero-order chi connectivity index (χ0) is 28.8. The molecule has 0 spiro atoms. The van der Waals surface area contributed by atoms with E-state index in [1.165, 1.54) is 0 Å². The molecule has 4 aromatic carbocycles. The quantitative estimate of drug-likeness (QED) is 0.184. The Morgan fingerprint density at radius 3 is 2.20 bits per heavy atom. The second-order valence-electron chi connectivity index (χ2n) is 9.92. The number of benzene rings is 4. The number of rotatable bonds is 6. The van der Waals surface area contributed by atoms with Crippen molar-refractivity contribution in [2.45, 2.75) is 6.42 Å². The van der Waals surface area contributed by atoms with Crippen molar-refractivity contribution in [3.8, 4) is 28.7 Å². The summed E-state index contributed by atoms with van der Waals surface area (Å²) in [6, 6.07) is 15.2. The van der Waals surface area contributed by atoms with Crippen LogP contribution >= 0.6 is 0 Å². The maximum absolute atomic E-state index is 12.7. The molecule has 0 saturated heterocycles. The first-order chi connectivity index (χ1) is 19.9. The second kappa shape index (κ2) is 10.3. The highest BCUT2D eigenvalue weighted by atomic mass is 16.5. The molecule has 6 rings (SSSR count). The lowest BCUT2D eigenvalue weighted by atomic mass is 9.91. The first-order valence-electron chi connectivity index (χ1n) is 13.2. The Bertz CT molecular complexity index is 1920. The Balaban J connectivity index is 1.69. The summed E-state index contributed by atoms with van der Waals surface area (Å²) in [5.74, 6) is 3.16. The predicted octanol–water partition coefficient (Wildman–Crippen LogP) is 6.13. The van der Waals surface area contributed by atoms with E-state index in [4.69, 9.17) is 28.1 Å². The molecule has 0 saturated carbocycles. The van der Waals surface area contributed by atoms with E-state index in [9.17, 15) is 4.79 Å². The summed E-state index contributed by atoms with van der Waals surface area (Å²) in [5, 5.41) is 4.78. The zero-order valence-electron chi connectivity index (χ0n) is 23.9. The Labute approximate surface area is 237 Å². The van der Waals surface area contributed by atoms with Crippen molar-refractivity contribution in [3.05, 3.63) is 75.6 Å². The molecule has 0 aliphatic carbocycles. The van der Waals surface area contributed by atoms with Crippen molar-refractivity contribution in [1.29, 1.82) is 0 Å². The predicted molar refractivity (Wildman–Crippen MR) is 161 cm³/mol. The molecule has 0 amide bonds. The lowest BCUT2D eigenvalue weighted by Crippen LogP contribution is -2.19. The van der Waals surface area contributed by atoms with Gasteiger partial charge in [-0.05, 0) is 58.5 Å². The molecule has 210 valence electrons. The van der Waals surface area contributed by atoms with Crippen molar-refractivity contribution in [2.75, 3.05) is 49.1 Å². The molecule has 0 unspecified atom stereocenters. The minimum Gasteiger partial charge on any atom is -0.497 e. The Morgan fingerprint density at radius 1 is 0.756 bits per heavy atom. The van der Waals surface area contributed by atoms with E-state index in [0.717, 1.165) is 55.7 Å². The van der Waals surface area contributed by atoms with Gasteiger partial charge in [0.25, 0.3) is 0 Å². The summed E-state index contributed by atoms with van der Waals surface area (Å²) < 4.78 is 34.2. The van der Waals surface area contributed by atoms with Gasteiger partial charge >= 0.3 is 5.63 Å². The number of nitrogens with zero attached hydrogens (tertiary/aromatic N) is 1. The topological polar surface area (TPSA) is 79.6 Å². The molecule has 8 heteroatoms. The average molecular weight is 554 g/mol. The molecular formula is C33H31NO7. The first-order valence-corrected chi connectivity index (χ1v) is 13.2. The van der Waals surface area contributed by atoms with Crippen LogP contribution < -0.4 is 29.3 Å². The van der Waals surface area contributed by atoms with Gasteiger partial charge in [-0.15, -0.1) is 0 Å². The molecule has 1 aliphatic heterocycles. The van der Waals surface area contributed by atoms with Gasteiger partial charge in [-0.25, -0.2) is 4.79 Å². The highest BCUT2D eigenvalue weighted by Crippen LogP contribution is 2.49. The van der Waals surface area contributed by atoms with E-state index in [0.29, 0.717) is 40.9 Å². The summed E-state index contributed by atoms with van der Waals surface area (Å²) in [6.45, 7) is 0.714. The van der Waals surface area contributed by atoms with Crippen LogP contribution in [0.25, 0.3) is 44.3 Å². The molecule has 0 N–H and O–H groups in total. The van der Waals surface area contributed by atoms with E-state index in [2.05, 4.69) is 23.1 Å². The van der Waals surface area contributed by atoms with E-state index in [-0.39, 0.29) is 0 Å². The summed E-state index contributed by atoms with van der Waals surface area (Å²) in [5.41, 5.74) is 3.71. The fourth-order valence-corrected chi connectivity index (χ4v) is 5.90. The molecule has 0 radical (unpaired) electrons. The average Bonchev–Trinajstić information content (AvgIpc) is 3.17. The molecule has 0 bridgehead atoms. The maximum Gasteiger partial charge on any atom is 0.336 e. The van der Waals surface area contributed by atoms with Crippen LogP contribution in [0.4, 0.5) is 0 Å². The van der Waals surface area contributed by atoms with Gasteiger partial charge in [0, 0.05) is 53.3 Å². The fourth-order valence-electron chi connectivity index (χ4n) is 5.90. The van der Waals surface area contributed by atoms with E-state index >= 15 is 0 Å². The van der Waals surface area contributed by atoms with Crippen molar-refractivity contribution < 1.29 is 28.1 Å². The Morgan fingerprint density at radius 2 is 1.49 bits per heavy atom. The van der Waals surface area contributed by atoms with Crippen LogP contribution in [0.3, 0.4) is 0 Å². The van der Waals surface area contributed by atoms with Gasteiger partial charge in [0.15, 0.2) is 23.0 Å². The minimum atomic E-state index is -0.432. The Kier molecular flexibility index (Phi) is 6.61. The third kappa shape index (κ3) is 4.18. The lowest BCUT2D eigenvalue weighted by Gasteiger charge is -2.22. The number of methoxy groups -OCH3 is 5. The molecule has 1 aromatic heterocycles. The third-order valence-electron chi connectivity index (χ3n) is 7.88. The van der Waals surface area contributed by atoms with E-state index < -0.39 is 5.63 Å². The Hall–Kier alpha value is -4.85. The van der Waals surface area contributed by atoms with E-state index in [1.54, 1.807) is 47.7 Å². The molecule has 5 aromatic rings. The smallest absolute Gasteiger partial charge is 0.336 e. The second-order valence-corrected chi connectivity index (χ2v) is 9.92. The van der Waals surface area contributed by atoms with Crippen LogP contribution in [0.15, 0.2) is 57.7 Å². The molecular weight excluding hydrogens is 522 g/mol. The first kappa shape index (κ1) is 26.4. The van der Waals surface area contributed by atoms with Gasteiger partial charge in [0.1, 0.15) is 11.3 Å². The highest BCUT2D eigenvalue weighted by Gasteiger charge is 2.26. The zero-order valence-corrected chi connectivity index (χ0v) is 23.9. The molecule has 0 fully saturated rings. The van der Waals surface area contributed by atoms with Crippen molar-refractivity contribution in [2.24, 2.45) is 0 Å². The summed E-state index contributed by atoms with van der Waals surface area (Å²) >= 11 is 0. The summed E-state index contributed by atoms with van der Waals surface area (Å²) in [6.07, 6.45) is 2.83. The third-order valence-corrected chi connectivity index (χ3v) is 7.88. The number of hydrogen-bond acceptors (Lipinski definition) is 8. The summed E-state index contributed by atoms with van der Waals surface area (Å²) in [4.78, 5) is 14.8. The minimum absolute atomic E-state index is 0.432. The van der Waals surface area contributed by atoms with Crippen molar-refractivity contribution in [1.82, 2.24) is 4.90 Å². The normalized spacial score (nSPS) is 13.1. The van der Waals surface area contributed by atoms with Crippen LogP contribution in [0.1, 0.15) is 16.7 Å². The van der Waals surface area contributed by atoms with Crippen LogP contribution in [-0.2, 0) is 6.42 Å². The lowest BCUT2D eigenvalue weighted by molar-refractivity contribution is 0.355. The molecule has 1 aliphatic rings. The van der Waals surface area contributed by atoms with Crippen molar-refractivity contribution in [3.63, 3.8) is 0 Å². The monoisotopic (exact) mass is 553 g/mol. The SMILES string of the molecule is COc1ccc2c(C3=Cc4c(OC)c(OC)c5c(ccc6cc(OC)c(OC)cc65)c4CCN3C)cc(=O)oc2c1. The van der Waals surface area contributed by atoms with Crippen LogP contribution in [0.2, 0.25) is 0 Å². The number of fused-ring (bicyclic) bond motifs is 6. The van der Waals surface area contributed by atoms with Gasteiger partial charge in [0.2, 0.25) is 0 Å². The number of ether oxygens (including phenoxy) is 5. The number of likely N-dealkylation sites (N-methyl/N-ethyl adjacent to an activating group) is 1. The largest absolute Gasteiger partial charge is 0.497 e. The van der Waals surface area contributed by atoms with E-state index in [1.807, 2.05) is 31.3 Å². The fraction of sp³-hybridized carbons (Fsp3) is 0.242. The molecule has 0 atom stereocenters. The maximum atomic E-state index is 12.7. The highest BCUT2D eigenvalue weighted by molar-refractivity contribution is 6.15. The number of hydrogen-bond donors (Lipinski definition) is 0. The van der Waals surface area contributed by atoms with Crippen LogP contribution in [0, 0.1) is 0 Å². The molecule has 2 heterocycles. The van der Waals surface area contributed by atoms with Gasteiger partial charge < -0.3 is 33.0 Å². The van der Waals surface area contributed by atoms with Gasteiger partial charge in [-0.2, -0.15) is 0 Å². The summed E-state index contributed by atoms with van der Waals surface area (Å²) in [7, 11) is 10.2. The van der Waals surface area contributed by atoms with Crippen LogP contribution in [0.5, 0.6) is 28.7 Å². The van der Waals surface area contributed by atoms with Crippen LogP contribution in [-0.4, -0.2) is 54.0 Å². The molecule has 8 nitrogen and oxygen atoms in total. The van der Waals surface area contributed by atoms with Crippen molar-refractivity contribution >= 4 is 44.3 Å². The van der Waals surface area contributed by atoms with Gasteiger partial charge in [-0.1, -0.05) is 12.1 Å². The standard InChI is InChI=1S/C33H31NO7/c1-34-12-11-20-22-9-7-18-13-28(37-3)29(38-4)16-23(18)31(22)33(40-6)32(39-5)25(20)15-26(34)24-17-30(35)41-27-14-19(36-2)8-10-21(24)27/h7-10,13-17H,11-12H2,1-6H3.